The molecule has 0 aliphatic rings. The topological polar surface area (TPSA) is 89.6 Å². The second kappa shape index (κ2) is 6.28. The number of pyridine rings is 1. The van der Waals surface area contributed by atoms with Crippen LogP contribution in [0.3, 0.4) is 0 Å². The number of hydrogen-bond acceptors (Lipinski definition) is 6. The minimum Gasteiger partial charge on any atom is -0.497 e. The van der Waals surface area contributed by atoms with Crippen LogP contribution < -0.4 is 10.2 Å². The van der Waals surface area contributed by atoms with E-state index >= 15 is 0 Å². The Hall–Kier alpha value is -2.96. The Morgan fingerprint density at radius 2 is 2.25 bits per heavy atom. The van der Waals surface area contributed by atoms with Crippen molar-refractivity contribution in [3.8, 4) is 5.75 Å². The molecule has 0 saturated heterocycles. The van der Waals surface area contributed by atoms with E-state index in [2.05, 4.69) is 15.5 Å². The molecular formula is C13H12N4O3. The van der Waals surface area contributed by atoms with Crippen LogP contribution in [0.2, 0.25) is 0 Å². The molecule has 2 rings (SSSR count). The number of ether oxygens (including phenoxy) is 1. The molecule has 0 unspecified atom stereocenters. The molecule has 102 valence electrons. The van der Waals surface area contributed by atoms with Crippen molar-refractivity contribution in [1.29, 1.82) is 0 Å². The average Bonchev–Trinajstić information content (AvgIpc) is 2.48. The van der Waals surface area contributed by atoms with Gasteiger partial charge in [-0.05, 0) is 23.8 Å². The smallest absolute Gasteiger partial charge is 0.287 e. The van der Waals surface area contributed by atoms with E-state index in [0.29, 0.717) is 5.82 Å². The molecule has 0 spiro atoms. The van der Waals surface area contributed by atoms with Gasteiger partial charge in [-0.3, -0.25) is 15.5 Å². The summed E-state index contributed by atoms with van der Waals surface area (Å²) in [5, 5.41) is 14.5. The normalized spacial score (nSPS) is 10.4. The van der Waals surface area contributed by atoms with Gasteiger partial charge in [0, 0.05) is 6.07 Å². The summed E-state index contributed by atoms with van der Waals surface area (Å²) in [7, 11) is 1.59. The maximum absolute atomic E-state index is 10.5. The molecule has 20 heavy (non-hydrogen) atoms. The molecule has 7 nitrogen and oxygen atoms in total. The monoisotopic (exact) mass is 272 g/mol. The SMILES string of the molecule is COc1cccc(/C=N/Nc2ccc([N+](=O)[O-])cn2)c1. The summed E-state index contributed by atoms with van der Waals surface area (Å²) in [4.78, 5) is 13.8. The summed E-state index contributed by atoms with van der Waals surface area (Å²) in [5.74, 6) is 1.16. The van der Waals surface area contributed by atoms with Gasteiger partial charge >= 0.3 is 0 Å². The molecule has 1 aromatic heterocycles. The lowest BCUT2D eigenvalue weighted by Gasteiger charge is -2.00. The molecular weight excluding hydrogens is 260 g/mol. The molecule has 2 aromatic rings. The lowest BCUT2D eigenvalue weighted by molar-refractivity contribution is -0.385. The maximum atomic E-state index is 10.5. The molecule has 1 N–H and O–H groups in total. The van der Waals surface area contributed by atoms with Crippen LogP contribution in [-0.2, 0) is 0 Å². The Kier molecular flexibility index (Phi) is 4.23. The lowest BCUT2D eigenvalue weighted by atomic mass is 10.2. The fourth-order valence-corrected chi connectivity index (χ4v) is 1.45. The molecule has 0 saturated carbocycles. The van der Waals surface area contributed by atoms with Crippen LogP contribution >= 0.6 is 0 Å². The van der Waals surface area contributed by atoms with E-state index in [1.54, 1.807) is 13.3 Å². The van der Waals surface area contributed by atoms with E-state index < -0.39 is 4.92 Å². The molecule has 1 aromatic carbocycles. The van der Waals surface area contributed by atoms with Gasteiger partial charge in [0.1, 0.15) is 17.8 Å². The van der Waals surface area contributed by atoms with Gasteiger partial charge < -0.3 is 4.74 Å². The minimum atomic E-state index is -0.504. The Balaban J connectivity index is 2.00. The molecule has 0 amide bonds. The Morgan fingerprint density at radius 3 is 2.90 bits per heavy atom. The molecule has 7 heteroatoms. The third-order valence-corrected chi connectivity index (χ3v) is 2.45. The van der Waals surface area contributed by atoms with Crippen LogP contribution in [0.15, 0.2) is 47.7 Å². The minimum absolute atomic E-state index is 0.0627. The van der Waals surface area contributed by atoms with Crippen LogP contribution in [0.4, 0.5) is 11.5 Å². The van der Waals surface area contributed by atoms with Crippen LogP contribution in [0.1, 0.15) is 5.56 Å². The highest BCUT2D eigenvalue weighted by Gasteiger charge is 2.04. The summed E-state index contributed by atoms with van der Waals surface area (Å²) >= 11 is 0. The van der Waals surface area contributed by atoms with E-state index in [9.17, 15) is 10.1 Å². The first kappa shape index (κ1) is 13.5. The fourth-order valence-electron chi connectivity index (χ4n) is 1.45. The number of methoxy groups -OCH3 is 1. The number of benzene rings is 1. The van der Waals surface area contributed by atoms with E-state index in [4.69, 9.17) is 4.74 Å². The fraction of sp³-hybridized carbons (Fsp3) is 0.0769. The van der Waals surface area contributed by atoms with Crippen molar-refractivity contribution in [2.24, 2.45) is 5.10 Å². The molecule has 0 aliphatic carbocycles. The highest BCUT2D eigenvalue weighted by Crippen LogP contribution is 2.12. The second-order valence-corrected chi connectivity index (χ2v) is 3.81. The highest BCUT2D eigenvalue weighted by atomic mass is 16.6. The Morgan fingerprint density at radius 1 is 1.40 bits per heavy atom. The number of hydrazone groups is 1. The lowest BCUT2D eigenvalue weighted by Crippen LogP contribution is -1.95. The van der Waals surface area contributed by atoms with Crippen molar-refractivity contribution in [2.45, 2.75) is 0 Å². The van der Waals surface area contributed by atoms with Gasteiger partial charge in [0.25, 0.3) is 5.69 Å². The number of nitrogens with one attached hydrogen (secondary N) is 1. The van der Waals surface area contributed by atoms with Crippen molar-refractivity contribution < 1.29 is 9.66 Å². The first-order chi connectivity index (χ1) is 9.69. The number of nitro groups is 1. The van der Waals surface area contributed by atoms with Crippen molar-refractivity contribution >= 4 is 17.7 Å². The predicted octanol–water partition coefficient (Wildman–Crippen LogP) is 2.44. The van der Waals surface area contributed by atoms with Crippen LogP contribution in [-0.4, -0.2) is 23.2 Å². The van der Waals surface area contributed by atoms with E-state index in [1.165, 1.54) is 18.3 Å². The van der Waals surface area contributed by atoms with Gasteiger partial charge in [0.05, 0.1) is 18.2 Å². The number of rotatable bonds is 5. The third-order valence-electron chi connectivity index (χ3n) is 2.45. The van der Waals surface area contributed by atoms with Gasteiger partial charge in [-0.15, -0.1) is 0 Å². The molecule has 0 aliphatic heterocycles. The summed E-state index contributed by atoms with van der Waals surface area (Å²) in [6.45, 7) is 0. The van der Waals surface area contributed by atoms with Crippen molar-refractivity contribution in [1.82, 2.24) is 4.98 Å². The van der Waals surface area contributed by atoms with E-state index in [-0.39, 0.29) is 5.69 Å². The zero-order valence-corrected chi connectivity index (χ0v) is 10.7. The van der Waals surface area contributed by atoms with Crippen molar-refractivity contribution in [3.63, 3.8) is 0 Å². The maximum Gasteiger partial charge on any atom is 0.287 e. The van der Waals surface area contributed by atoms with Gasteiger partial charge in [-0.1, -0.05) is 12.1 Å². The molecule has 0 bridgehead atoms. The average molecular weight is 272 g/mol. The summed E-state index contributed by atoms with van der Waals surface area (Å²) < 4.78 is 5.10. The van der Waals surface area contributed by atoms with Crippen LogP contribution in [0.25, 0.3) is 0 Å². The van der Waals surface area contributed by atoms with Crippen molar-refractivity contribution in [2.75, 3.05) is 12.5 Å². The van der Waals surface area contributed by atoms with Crippen LogP contribution in [0.5, 0.6) is 5.75 Å². The van der Waals surface area contributed by atoms with Gasteiger partial charge in [0.2, 0.25) is 0 Å². The molecule has 0 radical (unpaired) electrons. The number of anilines is 1. The molecule has 0 atom stereocenters. The summed E-state index contributed by atoms with van der Waals surface area (Å²) in [6.07, 6.45) is 2.77. The zero-order chi connectivity index (χ0) is 14.4. The number of aromatic nitrogens is 1. The highest BCUT2D eigenvalue weighted by molar-refractivity contribution is 5.80. The quantitative estimate of drug-likeness (QED) is 0.513. The third kappa shape index (κ3) is 3.52. The summed E-state index contributed by atoms with van der Waals surface area (Å²) in [5.41, 5.74) is 3.49. The predicted molar refractivity (Wildman–Crippen MR) is 75.1 cm³/mol. The van der Waals surface area contributed by atoms with Crippen LogP contribution in [0, 0.1) is 10.1 Å². The van der Waals surface area contributed by atoms with Crippen molar-refractivity contribution in [3.05, 3.63) is 58.3 Å². The van der Waals surface area contributed by atoms with Gasteiger partial charge in [-0.2, -0.15) is 5.10 Å². The largest absolute Gasteiger partial charge is 0.497 e. The summed E-state index contributed by atoms with van der Waals surface area (Å²) in [6, 6.07) is 10.2. The second-order valence-electron chi connectivity index (χ2n) is 3.81. The molecule has 1 heterocycles. The Bertz CT molecular complexity index is 626. The van der Waals surface area contributed by atoms with E-state index in [0.717, 1.165) is 11.3 Å². The first-order valence-corrected chi connectivity index (χ1v) is 5.72. The van der Waals surface area contributed by atoms with Gasteiger partial charge in [0.15, 0.2) is 0 Å². The van der Waals surface area contributed by atoms with Gasteiger partial charge in [-0.25, -0.2) is 4.98 Å². The van der Waals surface area contributed by atoms with E-state index in [1.807, 2.05) is 24.3 Å². The number of nitrogens with zero attached hydrogens (tertiary/aromatic N) is 3. The number of hydrogen-bond donors (Lipinski definition) is 1. The molecule has 0 fully saturated rings. The zero-order valence-electron chi connectivity index (χ0n) is 10.7. The first-order valence-electron chi connectivity index (χ1n) is 5.72. The Labute approximate surface area is 115 Å². The standard InChI is InChI=1S/C13H12N4O3/c1-20-12-4-2-3-10(7-12)8-15-16-13-6-5-11(9-14-13)17(18)19/h2-9H,1H3,(H,14,16)/b15-8+.